The van der Waals surface area contributed by atoms with Gasteiger partial charge in [0.1, 0.15) is 11.9 Å². The first-order valence-electron chi connectivity index (χ1n) is 9.72. The van der Waals surface area contributed by atoms with Crippen LogP contribution in [0.5, 0.6) is 0 Å². The number of halogens is 3. The van der Waals surface area contributed by atoms with E-state index in [2.05, 4.69) is 4.98 Å². The van der Waals surface area contributed by atoms with Crippen LogP contribution in [0, 0.1) is 0 Å². The molecule has 0 bridgehead atoms. The monoisotopic (exact) mass is 428 g/mol. The second-order valence-corrected chi connectivity index (χ2v) is 9.34. The number of pyridine rings is 1. The van der Waals surface area contributed by atoms with Crippen LogP contribution in [0.25, 0.3) is 0 Å². The number of alkyl halides is 3. The summed E-state index contributed by atoms with van der Waals surface area (Å²) < 4.78 is 38.2. The molecule has 29 heavy (non-hydrogen) atoms. The van der Waals surface area contributed by atoms with E-state index in [4.69, 9.17) is 0 Å². The van der Waals surface area contributed by atoms with Crippen molar-refractivity contribution in [2.45, 2.75) is 43.3 Å². The molecule has 0 radical (unpaired) electrons. The van der Waals surface area contributed by atoms with E-state index in [0.29, 0.717) is 50.6 Å². The minimum absolute atomic E-state index is 0.0290. The van der Waals surface area contributed by atoms with Gasteiger partial charge in [0.15, 0.2) is 0 Å². The molecule has 2 atom stereocenters. The third-order valence-corrected chi connectivity index (χ3v) is 7.44. The third-order valence-electron chi connectivity index (χ3n) is 5.94. The summed E-state index contributed by atoms with van der Waals surface area (Å²) in [5.74, 6) is 1.10. The van der Waals surface area contributed by atoms with E-state index in [0.717, 1.165) is 18.7 Å². The number of aromatic nitrogens is 1. The van der Waals surface area contributed by atoms with Crippen LogP contribution in [0.2, 0.25) is 0 Å². The number of fused-ring (bicyclic) bond motifs is 1. The van der Waals surface area contributed by atoms with Gasteiger partial charge in [-0.3, -0.25) is 9.59 Å². The summed E-state index contributed by atoms with van der Waals surface area (Å²) in [4.78, 5) is 34.6. The van der Waals surface area contributed by atoms with Gasteiger partial charge in [-0.25, -0.2) is 4.98 Å². The van der Waals surface area contributed by atoms with Gasteiger partial charge in [-0.1, -0.05) is 0 Å². The first-order chi connectivity index (χ1) is 13.7. The molecule has 4 heterocycles. The summed E-state index contributed by atoms with van der Waals surface area (Å²) >= 11 is 1.67. The van der Waals surface area contributed by atoms with Crippen molar-refractivity contribution in [3.8, 4) is 0 Å². The SMILES string of the molecule is C[C@]12CCC(=O)N1[C@@H](C(=O)N1CCCN(c3ccc(C(F)(F)F)cn3)CC1)CS2. The van der Waals surface area contributed by atoms with Gasteiger partial charge in [-0.15, -0.1) is 11.8 Å². The number of thioether (sulfide) groups is 1. The Balaban J connectivity index is 1.41. The van der Waals surface area contributed by atoms with Crippen LogP contribution >= 0.6 is 11.8 Å². The molecule has 0 aliphatic carbocycles. The van der Waals surface area contributed by atoms with Crippen molar-refractivity contribution in [2.75, 3.05) is 36.8 Å². The zero-order valence-electron chi connectivity index (χ0n) is 16.1. The van der Waals surface area contributed by atoms with E-state index < -0.39 is 17.8 Å². The Labute approximate surface area is 171 Å². The van der Waals surface area contributed by atoms with Crippen molar-refractivity contribution in [1.82, 2.24) is 14.8 Å². The number of hydrogen-bond acceptors (Lipinski definition) is 5. The van der Waals surface area contributed by atoms with Gasteiger partial charge in [0, 0.05) is 44.5 Å². The molecule has 0 aromatic carbocycles. The van der Waals surface area contributed by atoms with Crippen LogP contribution in [-0.4, -0.2) is 69.4 Å². The summed E-state index contributed by atoms with van der Waals surface area (Å²) in [7, 11) is 0. The van der Waals surface area contributed by atoms with E-state index in [9.17, 15) is 22.8 Å². The lowest BCUT2D eigenvalue weighted by atomic mass is 10.2. The zero-order valence-corrected chi connectivity index (χ0v) is 16.9. The van der Waals surface area contributed by atoms with Crippen molar-refractivity contribution in [2.24, 2.45) is 0 Å². The fourth-order valence-electron chi connectivity index (χ4n) is 4.32. The first kappa shape index (κ1) is 20.3. The van der Waals surface area contributed by atoms with Crippen LogP contribution in [0.4, 0.5) is 19.0 Å². The minimum atomic E-state index is -4.41. The molecule has 0 spiro atoms. The maximum Gasteiger partial charge on any atom is 0.417 e. The maximum absolute atomic E-state index is 13.1. The van der Waals surface area contributed by atoms with Gasteiger partial charge in [-0.2, -0.15) is 13.2 Å². The topological polar surface area (TPSA) is 56.8 Å². The molecular formula is C19H23F3N4O2S. The van der Waals surface area contributed by atoms with Crippen LogP contribution in [0.3, 0.4) is 0 Å². The van der Waals surface area contributed by atoms with E-state index in [1.165, 1.54) is 6.07 Å². The van der Waals surface area contributed by atoms with E-state index >= 15 is 0 Å². The Morgan fingerprint density at radius 3 is 2.72 bits per heavy atom. The number of anilines is 1. The van der Waals surface area contributed by atoms with Crippen LogP contribution in [0.1, 0.15) is 31.7 Å². The van der Waals surface area contributed by atoms with Crippen molar-refractivity contribution >= 4 is 29.4 Å². The summed E-state index contributed by atoms with van der Waals surface area (Å²) in [5, 5.41) is 0. The second-order valence-electron chi connectivity index (χ2n) is 7.83. The number of carbonyl (C=O) groups is 2. The van der Waals surface area contributed by atoms with Crippen LogP contribution in [0.15, 0.2) is 18.3 Å². The highest BCUT2D eigenvalue weighted by Crippen LogP contribution is 2.47. The fraction of sp³-hybridized carbons (Fsp3) is 0.632. The highest BCUT2D eigenvalue weighted by molar-refractivity contribution is 8.01. The number of nitrogens with zero attached hydrogens (tertiary/aromatic N) is 4. The molecule has 10 heteroatoms. The van der Waals surface area contributed by atoms with E-state index in [1.54, 1.807) is 21.6 Å². The van der Waals surface area contributed by atoms with Crippen LogP contribution < -0.4 is 4.90 Å². The van der Waals surface area contributed by atoms with Gasteiger partial charge < -0.3 is 14.7 Å². The first-order valence-corrected chi connectivity index (χ1v) is 10.7. The van der Waals surface area contributed by atoms with Gasteiger partial charge in [-0.05, 0) is 31.9 Å². The number of carbonyl (C=O) groups excluding carboxylic acids is 2. The Kier molecular flexibility index (Phi) is 5.16. The molecule has 1 aromatic rings. The van der Waals surface area contributed by atoms with Gasteiger partial charge in [0.25, 0.3) is 0 Å². The van der Waals surface area contributed by atoms with Gasteiger partial charge >= 0.3 is 6.18 Å². The van der Waals surface area contributed by atoms with Crippen molar-refractivity contribution in [1.29, 1.82) is 0 Å². The largest absolute Gasteiger partial charge is 0.417 e. The summed E-state index contributed by atoms with van der Waals surface area (Å²) in [6, 6.07) is 1.99. The van der Waals surface area contributed by atoms with Crippen molar-refractivity contribution in [3.05, 3.63) is 23.9 Å². The quantitative estimate of drug-likeness (QED) is 0.725. The third kappa shape index (κ3) is 3.78. The Morgan fingerprint density at radius 2 is 2.03 bits per heavy atom. The molecule has 0 N–H and O–H groups in total. The second kappa shape index (κ2) is 7.37. The number of amides is 2. The molecule has 4 rings (SSSR count). The van der Waals surface area contributed by atoms with E-state index in [-0.39, 0.29) is 16.7 Å². The van der Waals surface area contributed by atoms with Crippen LogP contribution in [-0.2, 0) is 15.8 Å². The average Bonchev–Trinajstić information content (AvgIpc) is 3.04. The molecule has 3 aliphatic heterocycles. The highest BCUT2D eigenvalue weighted by atomic mass is 32.2. The highest BCUT2D eigenvalue weighted by Gasteiger charge is 2.53. The molecule has 0 saturated carbocycles. The maximum atomic E-state index is 13.1. The Morgan fingerprint density at radius 1 is 1.24 bits per heavy atom. The Bertz CT molecular complexity index is 804. The molecule has 3 saturated heterocycles. The lowest BCUT2D eigenvalue weighted by Gasteiger charge is -2.32. The molecule has 1 aromatic heterocycles. The predicted octanol–water partition coefficient (Wildman–Crippen LogP) is 2.59. The predicted molar refractivity (Wildman–Crippen MR) is 103 cm³/mol. The number of hydrogen-bond donors (Lipinski definition) is 0. The standard InChI is InChI=1S/C19H23F3N4O2S/c1-18-6-5-16(27)26(18)14(12-29-18)17(28)25-8-2-7-24(9-10-25)15-4-3-13(11-23-15)19(20,21)22/h3-4,11,14H,2,5-10,12H2,1H3/t14-,18+/m1/s1. The lowest BCUT2D eigenvalue weighted by Crippen LogP contribution is -2.52. The van der Waals surface area contributed by atoms with Crippen molar-refractivity contribution in [3.63, 3.8) is 0 Å². The molecular weight excluding hydrogens is 405 g/mol. The smallest absolute Gasteiger partial charge is 0.355 e. The average molecular weight is 428 g/mol. The summed E-state index contributed by atoms with van der Waals surface area (Å²) in [6.07, 6.45) is -1.61. The van der Waals surface area contributed by atoms with Gasteiger partial charge in [0.2, 0.25) is 11.8 Å². The fourth-order valence-corrected chi connectivity index (χ4v) is 5.75. The van der Waals surface area contributed by atoms with Crippen molar-refractivity contribution < 1.29 is 22.8 Å². The molecule has 2 amide bonds. The molecule has 6 nitrogen and oxygen atoms in total. The molecule has 0 unspecified atom stereocenters. The normalized spacial score (nSPS) is 27.9. The molecule has 3 aliphatic rings. The molecule has 3 fully saturated rings. The summed E-state index contributed by atoms with van der Waals surface area (Å²) in [6.45, 7) is 4.16. The number of rotatable bonds is 2. The molecule has 158 valence electrons. The zero-order chi connectivity index (χ0) is 20.8. The lowest BCUT2D eigenvalue weighted by molar-refractivity contribution is -0.143. The Hall–Kier alpha value is -1.97. The summed E-state index contributed by atoms with van der Waals surface area (Å²) in [5.41, 5.74) is -0.773. The van der Waals surface area contributed by atoms with Gasteiger partial charge in [0.05, 0.1) is 10.4 Å². The minimum Gasteiger partial charge on any atom is -0.355 e. The van der Waals surface area contributed by atoms with E-state index in [1.807, 2.05) is 11.8 Å².